The summed E-state index contributed by atoms with van der Waals surface area (Å²) >= 11 is 0. The van der Waals surface area contributed by atoms with Crippen molar-refractivity contribution in [3.8, 4) is 5.75 Å². The number of H-pyrrole nitrogens is 1. The zero-order valence-corrected chi connectivity index (χ0v) is 7.99. The largest absolute Gasteiger partial charge is 0.464 e. The Hall–Kier alpha value is -1.78. The monoisotopic (exact) mass is 197 g/mol. The summed E-state index contributed by atoms with van der Waals surface area (Å²) in [7, 11) is 1.28. The van der Waals surface area contributed by atoms with Crippen molar-refractivity contribution in [1.29, 1.82) is 0 Å². The summed E-state index contributed by atoms with van der Waals surface area (Å²) in [6.45, 7) is 1.69. The number of hydrogen-bond acceptors (Lipinski definition) is 4. The third-order valence-corrected chi connectivity index (χ3v) is 1.58. The average Bonchev–Trinajstić information content (AvgIpc) is 2.65. The Morgan fingerprint density at radius 3 is 2.79 bits per heavy atom. The third kappa shape index (κ3) is 2.35. The summed E-state index contributed by atoms with van der Waals surface area (Å²) in [5.41, 5.74) is 0.256. The van der Waals surface area contributed by atoms with E-state index in [2.05, 4.69) is 9.72 Å². The maximum absolute atomic E-state index is 11.0. The molecule has 14 heavy (non-hydrogen) atoms. The number of methoxy groups -OCH3 is 1. The molecule has 1 aromatic heterocycles. The van der Waals surface area contributed by atoms with Crippen molar-refractivity contribution in [2.45, 2.75) is 13.3 Å². The quantitative estimate of drug-likeness (QED) is 0.737. The number of carbonyl (C=O) groups excluding carboxylic acids is 2. The van der Waals surface area contributed by atoms with Crippen molar-refractivity contribution in [3.63, 3.8) is 0 Å². The second kappa shape index (κ2) is 4.45. The summed E-state index contributed by atoms with van der Waals surface area (Å²) in [5.74, 6) is -0.526. The molecule has 0 aromatic carbocycles. The average molecular weight is 197 g/mol. The van der Waals surface area contributed by atoms with Crippen molar-refractivity contribution in [3.05, 3.63) is 18.0 Å². The number of esters is 2. The van der Waals surface area contributed by atoms with Crippen molar-refractivity contribution in [2.75, 3.05) is 7.11 Å². The van der Waals surface area contributed by atoms with Gasteiger partial charge in [0.1, 0.15) is 11.4 Å². The van der Waals surface area contributed by atoms with Crippen LogP contribution in [0.15, 0.2) is 12.3 Å². The summed E-state index contributed by atoms with van der Waals surface area (Å²) in [6.07, 6.45) is 1.72. The predicted octanol–water partition coefficient (Wildman–Crippen LogP) is 1.12. The second-order valence-corrected chi connectivity index (χ2v) is 2.57. The number of carbonyl (C=O) groups is 2. The first-order valence-electron chi connectivity index (χ1n) is 4.14. The Kier molecular flexibility index (Phi) is 3.28. The molecule has 0 bridgehead atoms. The highest BCUT2D eigenvalue weighted by Gasteiger charge is 2.10. The Morgan fingerprint density at radius 2 is 2.21 bits per heavy atom. The lowest BCUT2D eigenvalue weighted by Crippen LogP contribution is -2.04. The lowest BCUT2D eigenvalue weighted by Gasteiger charge is -1.96. The summed E-state index contributed by atoms with van der Waals surface area (Å²) < 4.78 is 9.33. The lowest BCUT2D eigenvalue weighted by atomic mass is 10.4. The van der Waals surface area contributed by atoms with Gasteiger partial charge in [-0.1, -0.05) is 6.92 Å². The second-order valence-electron chi connectivity index (χ2n) is 2.57. The smallest absolute Gasteiger partial charge is 0.354 e. The first-order valence-corrected chi connectivity index (χ1v) is 4.14. The van der Waals surface area contributed by atoms with Crippen molar-refractivity contribution in [2.24, 2.45) is 0 Å². The maximum atomic E-state index is 11.0. The molecule has 0 atom stereocenters. The van der Waals surface area contributed by atoms with E-state index in [4.69, 9.17) is 4.74 Å². The molecule has 1 heterocycles. The fourth-order valence-corrected chi connectivity index (χ4v) is 0.865. The molecule has 0 saturated carbocycles. The topological polar surface area (TPSA) is 68.4 Å². The van der Waals surface area contributed by atoms with Crippen molar-refractivity contribution < 1.29 is 19.1 Å². The SMILES string of the molecule is CCC(=O)Oc1c[nH]c(C(=O)OC)c1. The van der Waals surface area contributed by atoms with Crippen LogP contribution >= 0.6 is 0 Å². The molecule has 5 nitrogen and oxygen atoms in total. The predicted molar refractivity (Wildman–Crippen MR) is 48.1 cm³/mol. The van der Waals surface area contributed by atoms with E-state index in [1.54, 1.807) is 6.92 Å². The number of hydrogen-bond donors (Lipinski definition) is 1. The first kappa shape index (κ1) is 10.3. The molecule has 0 saturated heterocycles. The molecule has 0 radical (unpaired) electrons. The van der Waals surface area contributed by atoms with Crippen LogP contribution in [0.5, 0.6) is 5.75 Å². The molecule has 1 aromatic rings. The van der Waals surface area contributed by atoms with Crippen LogP contribution in [0.25, 0.3) is 0 Å². The highest BCUT2D eigenvalue weighted by molar-refractivity contribution is 5.88. The zero-order chi connectivity index (χ0) is 10.6. The van der Waals surface area contributed by atoms with Crippen LogP contribution in [-0.4, -0.2) is 24.0 Å². The van der Waals surface area contributed by atoms with E-state index in [0.29, 0.717) is 12.2 Å². The van der Waals surface area contributed by atoms with E-state index in [0.717, 1.165) is 0 Å². The minimum atomic E-state index is -0.496. The Balaban J connectivity index is 2.68. The van der Waals surface area contributed by atoms with Gasteiger partial charge in [-0.2, -0.15) is 0 Å². The molecule has 0 fully saturated rings. The fourth-order valence-electron chi connectivity index (χ4n) is 0.865. The molecular weight excluding hydrogens is 186 g/mol. The number of nitrogens with one attached hydrogen (secondary N) is 1. The third-order valence-electron chi connectivity index (χ3n) is 1.58. The molecular formula is C9H11NO4. The standard InChI is InChI=1S/C9H11NO4/c1-3-8(11)14-6-4-7(10-5-6)9(12)13-2/h4-5,10H,3H2,1-2H3. The summed E-state index contributed by atoms with van der Waals surface area (Å²) in [6, 6.07) is 1.42. The van der Waals surface area contributed by atoms with Crippen LogP contribution in [0.4, 0.5) is 0 Å². The molecule has 0 amide bonds. The Bertz CT molecular complexity index is 342. The van der Waals surface area contributed by atoms with Crippen LogP contribution in [0.3, 0.4) is 0 Å². The van der Waals surface area contributed by atoms with Gasteiger partial charge in [0, 0.05) is 18.7 Å². The van der Waals surface area contributed by atoms with Gasteiger partial charge in [0.15, 0.2) is 0 Å². The van der Waals surface area contributed by atoms with E-state index in [-0.39, 0.29) is 11.7 Å². The highest BCUT2D eigenvalue weighted by atomic mass is 16.5. The van der Waals surface area contributed by atoms with Crippen molar-refractivity contribution in [1.82, 2.24) is 4.98 Å². The molecule has 0 aliphatic carbocycles. The van der Waals surface area contributed by atoms with E-state index < -0.39 is 5.97 Å². The summed E-state index contributed by atoms with van der Waals surface area (Å²) in [4.78, 5) is 24.5. The molecule has 0 aliphatic heterocycles. The molecule has 0 aliphatic rings. The van der Waals surface area contributed by atoms with Gasteiger partial charge in [0.2, 0.25) is 0 Å². The van der Waals surface area contributed by atoms with Crippen LogP contribution in [0.1, 0.15) is 23.8 Å². The maximum Gasteiger partial charge on any atom is 0.354 e. The van der Waals surface area contributed by atoms with Gasteiger partial charge in [-0.25, -0.2) is 4.79 Å². The molecule has 0 unspecified atom stereocenters. The minimum absolute atomic E-state index is 0.256. The molecule has 1 rings (SSSR count). The fraction of sp³-hybridized carbons (Fsp3) is 0.333. The normalized spacial score (nSPS) is 9.57. The number of ether oxygens (including phenoxy) is 2. The molecule has 1 N–H and O–H groups in total. The summed E-state index contributed by atoms with van der Waals surface area (Å²) in [5, 5.41) is 0. The highest BCUT2D eigenvalue weighted by Crippen LogP contribution is 2.13. The zero-order valence-electron chi connectivity index (χ0n) is 7.99. The van der Waals surface area contributed by atoms with Crippen LogP contribution in [-0.2, 0) is 9.53 Å². The van der Waals surface area contributed by atoms with Gasteiger partial charge in [-0.05, 0) is 0 Å². The number of aromatic amines is 1. The molecule has 76 valence electrons. The minimum Gasteiger partial charge on any atom is -0.464 e. The van der Waals surface area contributed by atoms with Gasteiger partial charge >= 0.3 is 11.9 Å². The van der Waals surface area contributed by atoms with E-state index in [9.17, 15) is 9.59 Å². The van der Waals surface area contributed by atoms with Crippen LogP contribution in [0.2, 0.25) is 0 Å². The van der Waals surface area contributed by atoms with E-state index in [1.165, 1.54) is 19.4 Å². The number of aromatic nitrogens is 1. The van der Waals surface area contributed by atoms with E-state index >= 15 is 0 Å². The number of rotatable bonds is 3. The first-order chi connectivity index (χ1) is 6.67. The van der Waals surface area contributed by atoms with E-state index in [1.807, 2.05) is 0 Å². The van der Waals surface area contributed by atoms with Gasteiger partial charge < -0.3 is 14.5 Å². The van der Waals surface area contributed by atoms with Crippen molar-refractivity contribution >= 4 is 11.9 Å². The van der Waals surface area contributed by atoms with Crippen LogP contribution < -0.4 is 4.74 Å². The Morgan fingerprint density at radius 1 is 1.50 bits per heavy atom. The van der Waals surface area contributed by atoms with Gasteiger partial charge in [-0.15, -0.1) is 0 Å². The molecule has 0 spiro atoms. The van der Waals surface area contributed by atoms with Gasteiger partial charge in [0.05, 0.1) is 7.11 Å². The Labute approximate surface area is 81.0 Å². The van der Waals surface area contributed by atoms with Gasteiger partial charge in [0.25, 0.3) is 0 Å². The lowest BCUT2D eigenvalue weighted by molar-refractivity contribution is -0.134. The van der Waals surface area contributed by atoms with Crippen LogP contribution in [0, 0.1) is 0 Å². The van der Waals surface area contributed by atoms with Gasteiger partial charge in [-0.3, -0.25) is 4.79 Å². The molecule has 5 heteroatoms.